The van der Waals surface area contributed by atoms with Crippen molar-refractivity contribution in [1.82, 2.24) is 9.47 Å². The number of piperidine rings is 1. The van der Waals surface area contributed by atoms with Crippen molar-refractivity contribution in [3.8, 4) is 5.75 Å². The summed E-state index contributed by atoms with van der Waals surface area (Å²) in [5.74, 6) is -1.44. The first-order valence-electron chi connectivity index (χ1n) is 12.8. The highest BCUT2D eigenvalue weighted by Crippen LogP contribution is 2.55. The van der Waals surface area contributed by atoms with E-state index in [9.17, 15) is 19.2 Å². The van der Waals surface area contributed by atoms with Gasteiger partial charge in [0.25, 0.3) is 0 Å². The number of hydrogen-bond acceptors (Lipinski definition) is 7. The lowest BCUT2D eigenvalue weighted by atomic mass is 9.82. The molecule has 8 nitrogen and oxygen atoms in total. The number of rotatable bonds is 5. The molecule has 3 aromatic rings. The molecular weight excluding hydrogens is 602 g/mol. The van der Waals surface area contributed by atoms with Crippen LogP contribution in [0.15, 0.2) is 62.8 Å². The minimum absolute atomic E-state index is 0.0771. The topological polar surface area (TPSA) is 88.9 Å². The molecule has 202 valence electrons. The Morgan fingerprint density at radius 3 is 2.44 bits per heavy atom. The quantitative estimate of drug-likeness (QED) is 0.387. The molecule has 3 unspecified atom stereocenters. The van der Waals surface area contributed by atoms with E-state index in [1.54, 1.807) is 31.4 Å². The Morgan fingerprint density at radius 2 is 1.72 bits per heavy atom. The second kappa shape index (κ2) is 10.6. The Labute approximate surface area is 242 Å². The van der Waals surface area contributed by atoms with Gasteiger partial charge in [0.05, 0.1) is 23.7 Å². The largest absolute Gasteiger partial charge is 0.496 e. The molecule has 0 spiro atoms. The normalized spacial score (nSPS) is 22.6. The molecule has 2 aromatic carbocycles. The average Bonchev–Trinajstić information content (AvgIpc) is 3.40. The van der Waals surface area contributed by atoms with Crippen LogP contribution >= 0.6 is 39.0 Å². The van der Waals surface area contributed by atoms with Gasteiger partial charge in [-0.2, -0.15) is 0 Å². The Morgan fingerprint density at radius 1 is 1.00 bits per heavy atom. The van der Waals surface area contributed by atoms with E-state index in [0.717, 1.165) is 40.6 Å². The maximum Gasteiger partial charge on any atom is 0.308 e. The molecule has 3 aliphatic rings. The third-order valence-corrected chi connectivity index (χ3v) is 10.7. The minimum atomic E-state index is -0.742. The monoisotopic (exact) mass is 627 g/mol. The highest BCUT2D eigenvalue weighted by atomic mass is 79.9. The maximum atomic E-state index is 14.0. The fourth-order valence-electron chi connectivity index (χ4n) is 5.74. The maximum absolute atomic E-state index is 14.0. The average molecular weight is 629 g/mol. The number of methoxy groups -OCH3 is 1. The lowest BCUT2D eigenvalue weighted by Gasteiger charge is -2.32. The fourth-order valence-corrected chi connectivity index (χ4v) is 8.77. The first-order valence-corrected chi connectivity index (χ1v) is 15.3. The molecular formula is C28H26BrN3O5S2. The summed E-state index contributed by atoms with van der Waals surface area (Å²) in [6.45, 7) is 1.31. The van der Waals surface area contributed by atoms with E-state index >= 15 is 0 Å². The van der Waals surface area contributed by atoms with Crippen molar-refractivity contribution in [1.29, 1.82) is 0 Å². The molecule has 0 radical (unpaired) electrons. The van der Waals surface area contributed by atoms with Gasteiger partial charge >= 0.3 is 4.87 Å². The number of fused-ring (bicyclic) bond motifs is 2. The van der Waals surface area contributed by atoms with E-state index in [4.69, 9.17) is 4.74 Å². The molecule has 3 aliphatic heterocycles. The second-order valence-electron chi connectivity index (χ2n) is 9.84. The zero-order valence-electron chi connectivity index (χ0n) is 21.2. The van der Waals surface area contributed by atoms with Crippen molar-refractivity contribution >= 4 is 62.4 Å². The summed E-state index contributed by atoms with van der Waals surface area (Å²) in [5, 5.41) is -0.153. The van der Waals surface area contributed by atoms with Crippen LogP contribution < -0.4 is 14.5 Å². The van der Waals surface area contributed by atoms with E-state index in [1.165, 1.54) is 21.2 Å². The van der Waals surface area contributed by atoms with Gasteiger partial charge in [-0.1, -0.05) is 57.2 Å². The number of thiazole rings is 1. The number of aromatic nitrogens is 1. The molecule has 39 heavy (non-hydrogen) atoms. The highest BCUT2D eigenvalue weighted by molar-refractivity contribution is 9.10. The van der Waals surface area contributed by atoms with Crippen LogP contribution in [0.1, 0.15) is 35.6 Å². The summed E-state index contributed by atoms with van der Waals surface area (Å²) in [4.78, 5) is 57.9. The number of carbonyl (C=O) groups is 3. The predicted molar refractivity (Wildman–Crippen MR) is 154 cm³/mol. The molecule has 6 rings (SSSR count). The number of thioether (sulfide) groups is 1. The molecule has 11 heteroatoms. The number of halogens is 1. The van der Waals surface area contributed by atoms with Crippen molar-refractivity contribution < 1.29 is 19.1 Å². The summed E-state index contributed by atoms with van der Waals surface area (Å²) >= 11 is 5.69. The van der Waals surface area contributed by atoms with Crippen molar-refractivity contribution in [2.45, 2.75) is 42.0 Å². The van der Waals surface area contributed by atoms with Crippen LogP contribution in [-0.4, -0.2) is 52.6 Å². The Hall–Kier alpha value is -2.89. The van der Waals surface area contributed by atoms with Gasteiger partial charge < -0.3 is 9.64 Å². The van der Waals surface area contributed by atoms with E-state index in [-0.39, 0.29) is 29.1 Å². The molecule has 2 saturated heterocycles. The van der Waals surface area contributed by atoms with Crippen molar-refractivity contribution in [3.05, 3.63) is 73.1 Å². The Kier molecular flexibility index (Phi) is 7.15. The predicted octanol–water partition coefficient (Wildman–Crippen LogP) is 4.49. The number of hydrogen-bond donors (Lipinski definition) is 0. The number of anilines is 1. The summed E-state index contributed by atoms with van der Waals surface area (Å²) in [6.07, 6.45) is 3.01. The molecule has 0 bridgehead atoms. The molecule has 1 aromatic heterocycles. The van der Waals surface area contributed by atoms with Crippen molar-refractivity contribution in [3.63, 3.8) is 0 Å². The fraction of sp³-hybridized carbons (Fsp3) is 0.357. The standard InChI is InChI=1S/C28H26BrN3O5S2/c1-37-19-8-4-3-7-18(19)21-22-23(26(35)32(25(22)34)17-11-9-16(29)10-12-17)38-27-24(21)39-28(36)31(27)15-20(33)30-13-5-2-6-14-30/h3-4,7-12,21-23H,2,5-6,13-15H2,1H3. The summed E-state index contributed by atoms with van der Waals surface area (Å²) in [6, 6.07) is 14.5. The molecule has 0 aliphatic carbocycles. The third-order valence-electron chi connectivity index (χ3n) is 7.61. The molecule has 4 heterocycles. The number of imide groups is 1. The van der Waals surface area contributed by atoms with Crippen LogP contribution in [0.3, 0.4) is 0 Å². The lowest BCUT2D eigenvalue weighted by Crippen LogP contribution is -2.39. The van der Waals surface area contributed by atoms with Crippen LogP contribution in [0.4, 0.5) is 5.69 Å². The summed E-state index contributed by atoms with van der Waals surface area (Å²) in [5.41, 5.74) is 1.24. The number of ether oxygens (including phenoxy) is 1. The number of nitrogens with zero attached hydrogens (tertiary/aromatic N) is 3. The molecule has 0 N–H and O–H groups in total. The summed E-state index contributed by atoms with van der Waals surface area (Å²) in [7, 11) is 1.56. The van der Waals surface area contributed by atoms with Crippen molar-refractivity contribution in [2.24, 2.45) is 5.92 Å². The first-order chi connectivity index (χ1) is 18.9. The minimum Gasteiger partial charge on any atom is -0.496 e. The van der Waals surface area contributed by atoms with Gasteiger partial charge in [-0.3, -0.25) is 23.7 Å². The van der Waals surface area contributed by atoms with Crippen LogP contribution in [0.25, 0.3) is 0 Å². The van der Waals surface area contributed by atoms with Crippen LogP contribution in [-0.2, 0) is 20.9 Å². The number of benzene rings is 2. The second-order valence-corrected chi connectivity index (χ2v) is 12.9. The first kappa shape index (κ1) is 26.3. The van der Waals surface area contributed by atoms with Crippen LogP contribution in [0.2, 0.25) is 0 Å². The van der Waals surface area contributed by atoms with Gasteiger partial charge in [-0.05, 0) is 49.6 Å². The van der Waals surface area contributed by atoms with E-state index < -0.39 is 17.1 Å². The summed E-state index contributed by atoms with van der Waals surface area (Å²) < 4.78 is 8.01. The van der Waals surface area contributed by atoms with Gasteiger partial charge in [-0.15, -0.1) is 0 Å². The smallest absolute Gasteiger partial charge is 0.308 e. The zero-order chi connectivity index (χ0) is 27.3. The molecule has 3 amide bonds. The van der Waals surface area contributed by atoms with E-state index in [2.05, 4.69) is 15.9 Å². The number of para-hydroxylation sites is 1. The number of amides is 3. The van der Waals surface area contributed by atoms with E-state index in [1.807, 2.05) is 29.2 Å². The Balaban J connectivity index is 1.46. The van der Waals surface area contributed by atoms with Gasteiger partial charge in [-0.25, -0.2) is 4.90 Å². The molecule has 3 atom stereocenters. The number of likely N-dealkylation sites (tertiary alicyclic amines) is 1. The van der Waals surface area contributed by atoms with Gasteiger partial charge in [0.2, 0.25) is 17.7 Å². The van der Waals surface area contributed by atoms with Gasteiger partial charge in [0.1, 0.15) is 17.5 Å². The van der Waals surface area contributed by atoms with Crippen LogP contribution in [0, 0.1) is 5.92 Å². The van der Waals surface area contributed by atoms with Gasteiger partial charge in [0, 0.05) is 33.9 Å². The highest BCUT2D eigenvalue weighted by Gasteiger charge is 2.57. The SMILES string of the molecule is COc1ccccc1C1c2sc(=O)n(CC(=O)N3CCCCC3)c2SC2C(=O)N(c3ccc(Br)cc3)C(=O)C21. The third kappa shape index (κ3) is 4.54. The zero-order valence-corrected chi connectivity index (χ0v) is 24.4. The van der Waals surface area contributed by atoms with Crippen molar-refractivity contribution in [2.75, 3.05) is 25.1 Å². The Bertz CT molecular complexity index is 1510. The van der Waals surface area contributed by atoms with Crippen LogP contribution in [0.5, 0.6) is 5.75 Å². The molecule has 2 fully saturated rings. The molecule has 0 saturated carbocycles. The van der Waals surface area contributed by atoms with E-state index in [0.29, 0.717) is 34.4 Å². The van der Waals surface area contributed by atoms with Gasteiger partial charge in [0.15, 0.2) is 0 Å². The number of carbonyl (C=O) groups excluding carboxylic acids is 3. The lowest BCUT2D eigenvalue weighted by molar-refractivity contribution is -0.133.